The number of rotatable bonds is 11. The summed E-state index contributed by atoms with van der Waals surface area (Å²) in [5.74, 6) is -0.764. The van der Waals surface area contributed by atoms with Crippen molar-refractivity contribution in [2.24, 2.45) is 0 Å². The molecule has 0 fully saturated rings. The average Bonchev–Trinajstić information content (AvgIpc) is 2.26. The van der Waals surface area contributed by atoms with Crippen molar-refractivity contribution in [1.29, 1.82) is 0 Å². The van der Waals surface area contributed by atoms with Crippen molar-refractivity contribution in [3.8, 4) is 0 Å². The molecule has 98 valence electrons. The first-order valence-corrected chi connectivity index (χ1v) is 6.64. The summed E-state index contributed by atoms with van der Waals surface area (Å²) >= 11 is 0. The molecule has 0 spiro atoms. The summed E-state index contributed by atoms with van der Waals surface area (Å²) < 4.78 is 0. The van der Waals surface area contributed by atoms with Crippen molar-refractivity contribution in [2.45, 2.75) is 71.3 Å². The number of carboxylic acid groups (broad SMARTS) is 1. The Morgan fingerprint density at radius 3 is 2.06 bits per heavy atom. The minimum Gasteiger partial charge on any atom is -1.00 e. The number of nitrogens with one attached hydrogen (secondary N) is 1. The number of carboxylic acids is 1. The Hall–Kier alpha value is 1.07. The normalized spacial score (nSPS) is 11.9. The van der Waals surface area contributed by atoms with E-state index in [9.17, 15) is 4.79 Å². The van der Waals surface area contributed by atoms with Gasteiger partial charge in [0, 0.05) is 0 Å². The molecule has 0 aromatic carbocycles. The third-order valence-electron chi connectivity index (χ3n) is 2.85. The topological polar surface area (TPSA) is 49.3 Å². The van der Waals surface area contributed by atoms with E-state index in [1.807, 2.05) is 0 Å². The van der Waals surface area contributed by atoms with Gasteiger partial charge >= 0.3 is 57.4 Å². The molecule has 0 aliphatic rings. The third-order valence-corrected chi connectivity index (χ3v) is 2.85. The van der Waals surface area contributed by atoms with E-state index in [1.54, 1.807) is 6.92 Å². The molecule has 0 aromatic heterocycles. The Morgan fingerprint density at radius 1 is 1.12 bits per heavy atom. The largest absolute Gasteiger partial charge is 1.00 e. The molecule has 0 aliphatic carbocycles. The maximum Gasteiger partial charge on any atom is 1.00 e. The standard InChI is InChI=1S/C13H27NO2.K.H/c1-3-4-5-6-7-8-9-10-11-14-12(2)13(15)16;;/h12,14H,3-11H2,1-2H3,(H,15,16);;/q;+1;-1. The van der Waals surface area contributed by atoms with E-state index in [4.69, 9.17) is 5.11 Å². The fraction of sp³-hybridized carbons (Fsp3) is 0.923. The SMILES string of the molecule is CCCCCCCCCCNC(C)C(=O)O.[H-].[K+]. The minimum atomic E-state index is -0.764. The van der Waals surface area contributed by atoms with Crippen LogP contribution in [0.3, 0.4) is 0 Å². The monoisotopic (exact) mass is 269 g/mol. The summed E-state index contributed by atoms with van der Waals surface area (Å²) in [7, 11) is 0. The van der Waals surface area contributed by atoms with Crippen molar-refractivity contribution in [2.75, 3.05) is 6.54 Å². The van der Waals surface area contributed by atoms with Crippen LogP contribution in [0.25, 0.3) is 0 Å². The molecule has 0 aromatic rings. The van der Waals surface area contributed by atoms with E-state index < -0.39 is 12.0 Å². The van der Waals surface area contributed by atoms with Crippen LogP contribution in [0.15, 0.2) is 0 Å². The number of unbranched alkanes of at least 4 members (excludes halogenated alkanes) is 7. The van der Waals surface area contributed by atoms with E-state index in [2.05, 4.69) is 12.2 Å². The van der Waals surface area contributed by atoms with E-state index in [-0.39, 0.29) is 52.8 Å². The molecule has 0 saturated carbocycles. The molecule has 4 heteroatoms. The van der Waals surface area contributed by atoms with Gasteiger partial charge in [-0.3, -0.25) is 4.79 Å². The van der Waals surface area contributed by atoms with Crippen LogP contribution in [0.1, 0.15) is 66.6 Å². The second-order valence-electron chi connectivity index (χ2n) is 4.49. The van der Waals surface area contributed by atoms with Crippen molar-refractivity contribution >= 4 is 5.97 Å². The van der Waals surface area contributed by atoms with Crippen LogP contribution in [-0.4, -0.2) is 23.7 Å². The van der Waals surface area contributed by atoms with Crippen molar-refractivity contribution in [3.05, 3.63) is 0 Å². The van der Waals surface area contributed by atoms with Gasteiger partial charge in [0.25, 0.3) is 0 Å². The summed E-state index contributed by atoms with van der Waals surface area (Å²) in [6.07, 6.45) is 10.3. The van der Waals surface area contributed by atoms with Gasteiger partial charge in [-0.15, -0.1) is 0 Å². The zero-order chi connectivity index (χ0) is 12.2. The van der Waals surface area contributed by atoms with E-state index in [0.29, 0.717) is 0 Å². The summed E-state index contributed by atoms with van der Waals surface area (Å²) in [5.41, 5.74) is 0. The molecule has 3 nitrogen and oxygen atoms in total. The Balaban J connectivity index is -0.00000112. The first kappa shape index (κ1) is 20.4. The van der Waals surface area contributed by atoms with Crippen molar-refractivity contribution in [1.82, 2.24) is 5.32 Å². The maximum atomic E-state index is 10.5. The number of hydrogen-bond donors (Lipinski definition) is 2. The first-order valence-electron chi connectivity index (χ1n) is 6.64. The first-order chi connectivity index (χ1) is 7.68. The quantitative estimate of drug-likeness (QED) is 0.419. The molecule has 0 amide bonds. The molecule has 17 heavy (non-hydrogen) atoms. The molecule has 1 unspecified atom stereocenters. The van der Waals surface area contributed by atoms with Crippen LogP contribution in [0, 0.1) is 0 Å². The van der Waals surface area contributed by atoms with Crippen LogP contribution >= 0.6 is 0 Å². The Morgan fingerprint density at radius 2 is 1.59 bits per heavy atom. The van der Waals surface area contributed by atoms with Gasteiger partial charge in [0.1, 0.15) is 6.04 Å². The predicted molar refractivity (Wildman–Crippen MR) is 68.8 cm³/mol. The van der Waals surface area contributed by atoms with E-state index in [0.717, 1.165) is 13.0 Å². The van der Waals surface area contributed by atoms with Crippen LogP contribution in [0.4, 0.5) is 0 Å². The van der Waals surface area contributed by atoms with Gasteiger partial charge in [-0.1, -0.05) is 51.9 Å². The van der Waals surface area contributed by atoms with Crippen molar-refractivity contribution < 1.29 is 62.7 Å². The number of hydrogen-bond acceptors (Lipinski definition) is 2. The van der Waals surface area contributed by atoms with E-state index >= 15 is 0 Å². The molecular formula is C13H28KNO2. The van der Waals surface area contributed by atoms with Gasteiger partial charge < -0.3 is 11.8 Å². The Kier molecular flexibility index (Phi) is 18.1. The van der Waals surface area contributed by atoms with Gasteiger partial charge in [-0.2, -0.15) is 0 Å². The second kappa shape index (κ2) is 15.1. The van der Waals surface area contributed by atoms with Gasteiger partial charge in [-0.25, -0.2) is 0 Å². The van der Waals surface area contributed by atoms with Gasteiger partial charge in [0.05, 0.1) is 0 Å². The zero-order valence-electron chi connectivity index (χ0n) is 12.8. The van der Waals surface area contributed by atoms with Crippen LogP contribution in [0.5, 0.6) is 0 Å². The Labute approximate surface area is 150 Å². The van der Waals surface area contributed by atoms with E-state index in [1.165, 1.54) is 44.9 Å². The smallest absolute Gasteiger partial charge is 1.00 e. The fourth-order valence-corrected chi connectivity index (χ4v) is 1.66. The fourth-order valence-electron chi connectivity index (χ4n) is 1.66. The molecule has 2 N–H and O–H groups in total. The maximum absolute atomic E-state index is 10.5. The average molecular weight is 269 g/mol. The molecule has 0 radical (unpaired) electrons. The molecule has 0 saturated heterocycles. The second-order valence-corrected chi connectivity index (χ2v) is 4.49. The van der Waals surface area contributed by atoms with Gasteiger partial charge in [0.15, 0.2) is 0 Å². The van der Waals surface area contributed by atoms with Gasteiger partial charge in [-0.05, 0) is 19.9 Å². The summed E-state index contributed by atoms with van der Waals surface area (Å²) in [6, 6.07) is -0.412. The summed E-state index contributed by atoms with van der Waals surface area (Å²) in [4.78, 5) is 10.5. The van der Waals surface area contributed by atoms with Gasteiger partial charge in [0.2, 0.25) is 0 Å². The summed E-state index contributed by atoms with van der Waals surface area (Å²) in [5, 5.41) is 11.6. The van der Waals surface area contributed by atoms with Crippen LogP contribution in [0.2, 0.25) is 0 Å². The zero-order valence-corrected chi connectivity index (χ0v) is 14.9. The molecule has 0 heterocycles. The molecule has 1 atom stereocenters. The minimum absolute atomic E-state index is 0. The van der Waals surface area contributed by atoms with Crippen LogP contribution < -0.4 is 56.7 Å². The summed E-state index contributed by atoms with van der Waals surface area (Å²) in [6.45, 7) is 4.74. The van der Waals surface area contributed by atoms with Crippen molar-refractivity contribution in [3.63, 3.8) is 0 Å². The van der Waals surface area contributed by atoms with Crippen LogP contribution in [-0.2, 0) is 4.79 Å². The predicted octanol–water partition coefficient (Wildman–Crippen LogP) is 0.306. The molecular weight excluding hydrogens is 241 g/mol. The third kappa shape index (κ3) is 15.0. The Bertz CT molecular complexity index is 182. The number of aliphatic carboxylic acids is 1. The number of carbonyl (C=O) groups is 1. The molecule has 0 aliphatic heterocycles. The molecule has 0 bridgehead atoms. The molecule has 0 rings (SSSR count).